The topological polar surface area (TPSA) is 35.0 Å². The lowest BCUT2D eigenvalue weighted by Gasteiger charge is -2.04. The van der Waals surface area contributed by atoms with Crippen LogP contribution >= 0.6 is 0 Å². The highest BCUT2D eigenvalue weighted by Gasteiger charge is 2.06. The van der Waals surface area contributed by atoms with Crippen LogP contribution in [0.15, 0.2) is 30.6 Å². The highest BCUT2D eigenvalue weighted by molar-refractivity contribution is 5.62. The molecule has 0 radical (unpaired) electrons. The maximum absolute atomic E-state index is 13.6. The number of hydrogen-bond donors (Lipinski definition) is 0. The summed E-state index contributed by atoms with van der Waals surface area (Å²) in [6, 6.07) is 5.33. The van der Waals surface area contributed by atoms with Crippen LogP contribution in [0.1, 0.15) is 5.56 Å². The molecule has 0 atom stereocenters. The normalized spacial score (nSPS) is 10.2. The number of nitrogens with zero attached hydrogens (tertiary/aromatic N) is 2. The Hall–Kier alpha value is -1.97. The van der Waals surface area contributed by atoms with Crippen molar-refractivity contribution in [3.63, 3.8) is 0 Å². The molecule has 1 heterocycles. The van der Waals surface area contributed by atoms with E-state index in [0.717, 1.165) is 5.56 Å². The molecule has 0 spiro atoms. The van der Waals surface area contributed by atoms with Gasteiger partial charge in [0.25, 0.3) is 0 Å². The van der Waals surface area contributed by atoms with Gasteiger partial charge in [-0.1, -0.05) is 12.1 Å². The predicted octanol–water partition coefficient (Wildman–Crippen LogP) is 2.60. The van der Waals surface area contributed by atoms with Crippen LogP contribution in [0.2, 0.25) is 0 Å². The molecule has 0 fully saturated rings. The first kappa shape index (κ1) is 10.5. The van der Waals surface area contributed by atoms with Crippen LogP contribution in [-0.4, -0.2) is 17.1 Å². The first-order valence-corrected chi connectivity index (χ1v) is 4.83. The molecule has 2 rings (SSSR count). The maximum atomic E-state index is 13.6. The molecule has 0 aliphatic rings. The van der Waals surface area contributed by atoms with Crippen LogP contribution in [0.5, 0.6) is 6.01 Å². The first-order chi connectivity index (χ1) is 7.70. The minimum Gasteiger partial charge on any atom is -0.467 e. The fraction of sp³-hybridized carbons (Fsp3) is 0.167. The molecule has 1 aromatic carbocycles. The highest BCUT2D eigenvalue weighted by Crippen LogP contribution is 2.22. The second kappa shape index (κ2) is 4.26. The van der Waals surface area contributed by atoms with Crippen molar-refractivity contribution in [2.24, 2.45) is 0 Å². The number of rotatable bonds is 2. The van der Waals surface area contributed by atoms with Gasteiger partial charge in [0.2, 0.25) is 0 Å². The van der Waals surface area contributed by atoms with Crippen molar-refractivity contribution < 1.29 is 9.13 Å². The van der Waals surface area contributed by atoms with Gasteiger partial charge in [-0.05, 0) is 18.6 Å². The zero-order chi connectivity index (χ0) is 11.5. The lowest BCUT2D eigenvalue weighted by atomic mass is 10.1. The third-order valence-corrected chi connectivity index (χ3v) is 2.25. The van der Waals surface area contributed by atoms with Gasteiger partial charge < -0.3 is 4.74 Å². The van der Waals surface area contributed by atoms with E-state index in [0.29, 0.717) is 11.1 Å². The van der Waals surface area contributed by atoms with E-state index in [9.17, 15) is 4.39 Å². The van der Waals surface area contributed by atoms with Crippen molar-refractivity contribution in [3.05, 3.63) is 42.0 Å². The number of benzene rings is 1. The van der Waals surface area contributed by atoms with Crippen LogP contribution in [0.4, 0.5) is 4.39 Å². The lowest BCUT2D eigenvalue weighted by molar-refractivity contribution is 0.380. The Labute approximate surface area is 92.9 Å². The summed E-state index contributed by atoms with van der Waals surface area (Å²) in [5.41, 5.74) is 2.02. The van der Waals surface area contributed by atoms with Crippen molar-refractivity contribution in [2.75, 3.05) is 7.11 Å². The smallest absolute Gasteiger partial charge is 0.316 e. The molecule has 4 heteroatoms. The fourth-order valence-electron chi connectivity index (χ4n) is 1.41. The Bertz CT molecular complexity index is 497. The molecule has 0 aliphatic carbocycles. The van der Waals surface area contributed by atoms with Gasteiger partial charge in [0.05, 0.1) is 7.11 Å². The largest absolute Gasteiger partial charge is 0.467 e. The van der Waals surface area contributed by atoms with Gasteiger partial charge in [-0.25, -0.2) is 14.4 Å². The summed E-state index contributed by atoms with van der Waals surface area (Å²) < 4.78 is 18.5. The Balaban J connectivity index is 2.42. The van der Waals surface area contributed by atoms with E-state index < -0.39 is 0 Å². The van der Waals surface area contributed by atoms with Gasteiger partial charge in [0.15, 0.2) is 0 Å². The first-order valence-electron chi connectivity index (χ1n) is 4.83. The fourth-order valence-corrected chi connectivity index (χ4v) is 1.41. The van der Waals surface area contributed by atoms with Crippen molar-refractivity contribution in [1.29, 1.82) is 0 Å². The molecular weight excluding hydrogens is 207 g/mol. The molecule has 0 N–H and O–H groups in total. The van der Waals surface area contributed by atoms with E-state index in [1.165, 1.54) is 13.2 Å². The standard InChI is InChI=1S/C12H11FN2O/c1-8-3-4-10(11(13)5-8)9-6-14-12(16-2)15-7-9/h3-7H,1-2H3. The number of hydrogen-bond acceptors (Lipinski definition) is 3. The maximum Gasteiger partial charge on any atom is 0.316 e. The van der Waals surface area contributed by atoms with Crippen molar-refractivity contribution in [2.45, 2.75) is 6.92 Å². The van der Waals surface area contributed by atoms with Crippen LogP contribution < -0.4 is 4.74 Å². The zero-order valence-electron chi connectivity index (χ0n) is 9.07. The predicted molar refractivity (Wildman–Crippen MR) is 58.7 cm³/mol. The summed E-state index contributed by atoms with van der Waals surface area (Å²) >= 11 is 0. The average molecular weight is 218 g/mol. The third-order valence-electron chi connectivity index (χ3n) is 2.25. The zero-order valence-corrected chi connectivity index (χ0v) is 9.07. The minimum absolute atomic E-state index is 0.270. The number of halogens is 1. The Morgan fingerprint density at radius 1 is 1.19 bits per heavy atom. The van der Waals surface area contributed by atoms with Gasteiger partial charge in [-0.3, -0.25) is 0 Å². The number of methoxy groups -OCH3 is 1. The summed E-state index contributed by atoms with van der Waals surface area (Å²) in [5, 5.41) is 0. The molecule has 0 unspecified atom stereocenters. The second-order valence-electron chi connectivity index (χ2n) is 3.44. The highest BCUT2D eigenvalue weighted by atomic mass is 19.1. The van der Waals surface area contributed by atoms with Crippen LogP contribution in [0.3, 0.4) is 0 Å². The summed E-state index contributed by atoms with van der Waals surface area (Å²) in [7, 11) is 1.49. The molecule has 16 heavy (non-hydrogen) atoms. The number of aryl methyl sites for hydroxylation is 1. The lowest BCUT2D eigenvalue weighted by Crippen LogP contribution is -1.93. The van der Waals surface area contributed by atoms with Gasteiger partial charge >= 0.3 is 6.01 Å². The average Bonchev–Trinajstić information content (AvgIpc) is 2.29. The quantitative estimate of drug-likeness (QED) is 0.777. The van der Waals surface area contributed by atoms with Crippen LogP contribution in [-0.2, 0) is 0 Å². The molecule has 0 bridgehead atoms. The van der Waals surface area contributed by atoms with E-state index in [1.807, 2.05) is 13.0 Å². The van der Waals surface area contributed by atoms with E-state index in [2.05, 4.69) is 9.97 Å². The number of ether oxygens (including phenoxy) is 1. The van der Waals surface area contributed by atoms with Gasteiger partial charge in [0.1, 0.15) is 5.82 Å². The van der Waals surface area contributed by atoms with E-state index in [4.69, 9.17) is 4.74 Å². The SMILES string of the molecule is COc1ncc(-c2ccc(C)cc2F)cn1. The summed E-state index contributed by atoms with van der Waals surface area (Å²) in [6.45, 7) is 1.84. The minimum atomic E-state index is -0.270. The van der Waals surface area contributed by atoms with Crippen LogP contribution in [0, 0.1) is 12.7 Å². The van der Waals surface area contributed by atoms with Gasteiger partial charge in [-0.15, -0.1) is 0 Å². The van der Waals surface area contributed by atoms with Gasteiger partial charge in [-0.2, -0.15) is 0 Å². The molecule has 0 saturated carbocycles. The molecule has 0 aliphatic heterocycles. The molecular formula is C12H11FN2O. The molecule has 1 aromatic heterocycles. The molecule has 2 aromatic rings. The summed E-state index contributed by atoms with van der Waals surface area (Å²) in [5.74, 6) is -0.270. The summed E-state index contributed by atoms with van der Waals surface area (Å²) in [6.07, 6.45) is 3.08. The van der Waals surface area contributed by atoms with E-state index >= 15 is 0 Å². The van der Waals surface area contributed by atoms with Crippen molar-refractivity contribution in [1.82, 2.24) is 9.97 Å². The summed E-state index contributed by atoms with van der Waals surface area (Å²) in [4.78, 5) is 7.87. The monoisotopic (exact) mass is 218 g/mol. The molecule has 0 amide bonds. The Morgan fingerprint density at radius 3 is 2.44 bits per heavy atom. The molecule has 0 saturated heterocycles. The Morgan fingerprint density at radius 2 is 1.88 bits per heavy atom. The molecule has 82 valence electrons. The van der Waals surface area contributed by atoms with Crippen LogP contribution in [0.25, 0.3) is 11.1 Å². The van der Waals surface area contributed by atoms with Crippen molar-refractivity contribution in [3.8, 4) is 17.1 Å². The van der Waals surface area contributed by atoms with E-state index in [-0.39, 0.29) is 11.8 Å². The van der Waals surface area contributed by atoms with Crippen molar-refractivity contribution >= 4 is 0 Å². The van der Waals surface area contributed by atoms with Gasteiger partial charge in [0, 0.05) is 23.5 Å². The number of aromatic nitrogens is 2. The Kier molecular flexibility index (Phi) is 2.81. The third kappa shape index (κ3) is 2.00. The molecule has 3 nitrogen and oxygen atoms in total. The second-order valence-corrected chi connectivity index (χ2v) is 3.44. The van der Waals surface area contributed by atoms with E-state index in [1.54, 1.807) is 18.5 Å².